The van der Waals surface area contributed by atoms with Crippen LogP contribution in [-0.4, -0.2) is 158 Å². The first-order chi connectivity index (χ1) is 39.9. The Morgan fingerprint density at radius 3 is 2.11 bits per heavy atom. The van der Waals surface area contributed by atoms with Gasteiger partial charge in [-0.1, -0.05) is 69.3 Å². The summed E-state index contributed by atoms with van der Waals surface area (Å²) < 4.78 is 83.8. The molecule has 2 aliphatic heterocycles. The Morgan fingerprint density at radius 1 is 0.859 bits per heavy atom. The third-order valence-corrected chi connectivity index (χ3v) is 16.9. The number of amides is 2. The number of primary amides is 1. The van der Waals surface area contributed by atoms with Gasteiger partial charge in [-0.05, 0) is 62.1 Å². The number of rotatable bonds is 18. The maximum absolute atomic E-state index is 15.1. The molecule has 3 aromatic rings. The fraction of sp³-hybridized carbons (Fsp3) is 0.552. The molecule has 8 rings (SSSR count). The average Bonchev–Trinajstić information content (AvgIpc) is 1.17. The predicted octanol–water partition coefficient (Wildman–Crippen LogP) is 3.06. The number of nitrogens with two attached hydrogens (primary N) is 1. The molecule has 0 spiro atoms. The number of ether oxygens (including phenoxy) is 9. The van der Waals surface area contributed by atoms with E-state index in [-0.39, 0.29) is 47.4 Å². The lowest BCUT2D eigenvalue weighted by Gasteiger charge is -2.68. The van der Waals surface area contributed by atoms with Gasteiger partial charge in [0.05, 0.1) is 37.0 Å². The van der Waals surface area contributed by atoms with E-state index < -0.39 is 180 Å². The Morgan fingerprint density at radius 2 is 1.51 bits per heavy atom. The topological polar surface area (TPSA) is 353 Å². The Hall–Kier alpha value is -7.72. The highest BCUT2D eigenvalue weighted by Crippen LogP contribution is 2.66. The van der Waals surface area contributed by atoms with E-state index in [1.807, 2.05) is 0 Å². The number of nitrogens with zero attached hydrogens (tertiary/aromatic N) is 2. The number of carbonyl (C=O) groups excluding carboxylic acids is 8. The van der Waals surface area contributed by atoms with E-state index in [2.05, 4.69) is 10.3 Å². The molecule has 4 fully saturated rings. The van der Waals surface area contributed by atoms with E-state index >= 15 is 8.78 Å². The smallest absolute Gasteiger partial charge is 0.350 e. The van der Waals surface area contributed by atoms with E-state index in [1.165, 1.54) is 37.3 Å². The number of urea groups is 1. The summed E-state index contributed by atoms with van der Waals surface area (Å²) in [6.45, 7) is 9.90. The molecule has 2 saturated heterocycles. The Labute approximate surface area is 485 Å². The third kappa shape index (κ3) is 12.3. The van der Waals surface area contributed by atoms with Gasteiger partial charge in [-0.3, -0.25) is 23.7 Å². The monoisotopic (exact) mass is 1190 g/mol. The van der Waals surface area contributed by atoms with Crippen LogP contribution in [0.4, 0.5) is 13.6 Å². The lowest BCUT2D eigenvalue weighted by molar-refractivity contribution is -0.354. The molecule has 0 radical (unpaired) electrons. The molecule has 15 atom stereocenters. The number of aliphatic hydroxyl groups excluding tert-OH is 2. The number of benzene rings is 2. The summed E-state index contributed by atoms with van der Waals surface area (Å²) in [7, 11) is 0. The molecule has 2 amide bonds. The van der Waals surface area contributed by atoms with Crippen molar-refractivity contribution < 1.29 is 105 Å². The summed E-state index contributed by atoms with van der Waals surface area (Å²) in [6.07, 6.45) is -19.5. The molecule has 3 aliphatic carbocycles. The molecular weight excluding hydrogens is 1130 g/mol. The highest BCUT2D eigenvalue weighted by atomic mass is 19.3. The first-order valence-corrected chi connectivity index (χ1v) is 27.4. The molecule has 6 N–H and O–H groups in total. The standard InChI is InChI=1S/C58H68F2N4O21/c1-28-21-22-64(53(75)62-28)51-58(59,60)46(70)37(82-51)26-77-40(67)19-20-41(68)79-30(3)48(71)83-38-23-39-56(27-78-39,85-32(5)66)45-47(84-49(72)34-17-13-10-14-18-34)57(76)25-35(29(2)42(54(57,6)7)36(80-31(4)65)24-55(38,45)8)81-50(73)44(69)43(63-52(61)74)33-15-11-9-12-16-33/h9-18,21-22,30,35-39,43-47,51,69-70,76H,19-20,23-27H2,1-8H3,(H3,61,63,74)/t30?,35-,36-,37+,38-,39+,43+,44-,45-,46?,47-,51+,55+,56-,57+/m0/s1. The van der Waals surface area contributed by atoms with Crippen LogP contribution < -0.4 is 16.7 Å². The fourth-order valence-corrected chi connectivity index (χ4v) is 12.7. The number of halogens is 2. The van der Waals surface area contributed by atoms with E-state index in [0.29, 0.717) is 4.57 Å². The maximum Gasteiger partial charge on any atom is 0.350 e. The van der Waals surface area contributed by atoms with Crippen LogP contribution in [-0.2, 0) is 71.4 Å². The molecular formula is C58H68F2N4O21. The van der Waals surface area contributed by atoms with Crippen molar-refractivity contribution >= 4 is 47.8 Å². The predicted molar refractivity (Wildman–Crippen MR) is 284 cm³/mol. The SMILES string of the molecule is CC(=O)O[C@H]1C[C@]2(C)[C@@H](OC(=O)C(C)OC(=O)CCC(=O)OC[C@H]3O[C@@H](n4ccc(C)nc4=O)C(F)(F)C3O)C[C@H]3OC[C@@]3(OC(C)=O)[C@H]2[C@H](OC(=O)c2ccccc2)[C@]2(O)C[C@H](OC(=O)[C@@H](O)[C@H](NC(N)=O)c3ccccc3)C(C)=C1C2(C)C. The largest absolute Gasteiger partial charge is 0.463 e. The molecule has 3 heterocycles. The van der Waals surface area contributed by atoms with Gasteiger partial charge in [0.2, 0.25) is 6.23 Å². The van der Waals surface area contributed by atoms with E-state index in [9.17, 15) is 58.5 Å². The zero-order valence-corrected chi connectivity index (χ0v) is 47.7. The average molecular weight is 1200 g/mol. The minimum absolute atomic E-state index is 0.00848. The summed E-state index contributed by atoms with van der Waals surface area (Å²) in [6, 6.07) is 14.3. The number of aliphatic hydroxyl groups is 3. The highest BCUT2D eigenvalue weighted by Gasteiger charge is 2.77. The number of hydrogen-bond acceptors (Lipinski definition) is 22. The second-order valence-electron chi connectivity index (χ2n) is 22.8. The van der Waals surface area contributed by atoms with Crippen molar-refractivity contribution in [3.8, 4) is 0 Å². The summed E-state index contributed by atoms with van der Waals surface area (Å²) in [4.78, 5) is 124. The quantitative estimate of drug-likeness (QED) is 0.0694. The first kappa shape index (κ1) is 63.3. The van der Waals surface area contributed by atoms with Crippen LogP contribution in [0.15, 0.2) is 88.9 Å². The van der Waals surface area contributed by atoms with Crippen molar-refractivity contribution in [1.29, 1.82) is 0 Å². The van der Waals surface area contributed by atoms with Crippen LogP contribution >= 0.6 is 0 Å². The number of aryl methyl sites for hydroxylation is 1. The molecule has 2 bridgehead atoms. The van der Waals surface area contributed by atoms with Gasteiger partial charge in [-0.25, -0.2) is 24.0 Å². The number of fused-ring (bicyclic) bond motifs is 5. The first-order valence-electron chi connectivity index (χ1n) is 27.4. The van der Waals surface area contributed by atoms with Crippen molar-refractivity contribution in [3.63, 3.8) is 0 Å². The van der Waals surface area contributed by atoms with Crippen molar-refractivity contribution in [2.45, 2.75) is 172 Å². The van der Waals surface area contributed by atoms with Crippen molar-refractivity contribution in [2.24, 2.45) is 22.5 Å². The van der Waals surface area contributed by atoms with E-state index in [4.69, 9.17) is 48.4 Å². The number of esters is 7. The summed E-state index contributed by atoms with van der Waals surface area (Å²) in [5.74, 6) is -12.9. The van der Waals surface area contributed by atoms with Crippen molar-refractivity contribution in [1.82, 2.24) is 14.9 Å². The van der Waals surface area contributed by atoms with Crippen LogP contribution in [0.1, 0.15) is 114 Å². The highest BCUT2D eigenvalue weighted by molar-refractivity contribution is 5.89. The molecule has 1 aromatic heterocycles. The number of aromatic nitrogens is 2. The lowest BCUT2D eigenvalue weighted by atomic mass is 9.45. The summed E-state index contributed by atoms with van der Waals surface area (Å²) in [5.41, 5.74) is -2.38. The Bertz CT molecular complexity index is 3180. The number of hydrogen-bond donors (Lipinski definition) is 5. The Kier molecular flexibility index (Phi) is 18.1. The molecule has 25 nitrogen and oxygen atoms in total. The van der Waals surface area contributed by atoms with Gasteiger partial charge in [0, 0.05) is 49.4 Å². The van der Waals surface area contributed by atoms with Gasteiger partial charge in [-0.2, -0.15) is 13.8 Å². The van der Waals surface area contributed by atoms with Crippen molar-refractivity contribution in [3.05, 3.63) is 111 Å². The lowest BCUT2D eigenvalue weighted by Crippen LogP contribution is -2.80. The minimum atomic E-state index is -4.01. The maximum atomic E-state index is 15.1. The summed E-state index contributed by atoms with van der Waals surface area (Å²) >= 11 is 0. The molecule has 85 heavy (non-hydrogen) atoms. The van der Waals surface area contributed by atoms with E-state index in [1.54, 1.807) is 64.1 Å². The normalized spacial score (nSPS) is 30.8. The summed E-state index contributed by atoms with van der Waals surface area (Å²) in [5, 5.41) is 38.4. The molecule has 2 saturated carbocycles. The zero-order valence-electron chi connectivity index (χ0n) is 47.7. The second kappa shape index (κ2) is 24.3. The third-order valence-electron chi connectivity index (χ3n) is 16.9. The number of carbonyl (C=O) groups is 8. The van der Waals surface area contributed by atoms with E-state index in [0.717, 1.165) is 27.0 Å². The van der Waals surface area contributed by atoms with Crippen LogP contribution in [0.3, 0.4) is 0 Å². The van der Waals surface area contributed by atoms with Gasteiger partial charge in [0.25, 0.3) is 0 Å². The molecule has 460 valence electrons. The van der Waals surface area contributed by atoms with Crippen LogP contribution in [0.25, 0.3) is 0 Å². The zero-order chi connectivity index (χ0) is 62.3. The van der Waals surface area contributed by atoms with Crippen LogP contribution in [0, 0.1) is 23.7 Å². The molecule has 27 heteroatoms. The van der Waals surface area contributed by atoms with Gasteiger partial charge >= 0.3 is 59.4 Å². The molecule has 5 aliphatic rings. The fourth-order valence-electron chi connectivity index (χ4n) is 12.7. The van der Waals surface area contributed by atoms with Gasteiger partial charge in [0.1, 0.15) is 48.8 Å². The Balaban J connectivity index is 1.09. The molecule has 2 unspecified atom stereocenters. The van der Waals surface area contributed by atoms with Gasteiger partial charge in [0.15, 0.2) is 23.9 Å². The van der Waals surface area contributed by atoms with Crippen LogP contribution in [0.5, 0.6) is 0 Å². The number of alkyl halides is 2. The van der Waals surface area contributed by atoms with Gasteiger partial charge < -0.3 is 69.0 Å². The van der Waals surface area contributed by atoms with Crippen LogP contribution in [0.2, 0.25) is 0 Å². The van der Waals surface area contributed by atoms with Crippen molar-refractivity contribution in [2.75, 3.05) is 13.2 Å². The minimum Gasteiger partial charge on any atom is -0.463 e. The molecule has 2 aromatic carbocycles. The second-order valence-corrected chi connectivity index (χ2v) is 22.8. The number of nitrogens with one attached hydrogen (secondary N) is 1. The van der Waals surface area contributed by atoms with Gasteiger partial charge in [-0.15, -0.1) is 0 Å².